The molecule has 2 saturated heterocycles. The molecule has 0 radical (unpaired) electrons. The SMILES string of the molecule is CC(C)C(OC(N)=O)C1CC(C)C2C(O1)C(O)C1(C)C2CCC23CC24CCC(OC2CN(C)CCO2)C(C)(C)C4CCC13. The minimum atomic E-state index is -0.746. The molecule has 3 N–H and O–H groups in total. The van der Waals surface area contributed by atoms with Gasteiger partial charge in [-0.15, -0.1) is 0 Å². The zero-order chi connectivity index (χ0) is 30.7. The maximum atomic E-state index is 12.3. The van der Waals surface area contributed by atoms with Gasteiger partial charge in [-0.25, -0.2) is 4.79 Å². The molecule has 8 heteroatoms. The Kier molecular flexibility index (Phi) is 7.35. The van der Waals surface area contributed by atoms with Gasteiger partial charge in [-0.3, -0.25) is 4.90 Å². The van der Waals surface area contributed by atoms with Gasteiger partial charge in [-0.1, -0.05) is 41.5 Å². The molecule has 5 saturated carbocycles. The number of carbonyl (C=O) groups excluding carboxylic acids is 1. The number of aliphatic hydroxyl groups excluding tert-OH is 1. The second-order valence-electron chi connectivity index (χ2n) is 17.2. The third kappa shape index (κ3) is 4.28. The highest BCUT2D eigenvalue weighted by atomic mass is 16.7. The second kappa shape index (κ2) is 10.3. The van der Waals surface area contributed by atoms with E-state index in [4.69, 9.17) is 24.7 Å². The molecule has 0 aromatic carbocycles. The zero-order valence-corrected chi connectivity index (χ0v) is 27.7. The van der Waals surface area contributed by atoms with Crippen molar-refractivity contribution in [1.29, 1.82) is 0 Å². The molecule has 2 spiro atoms. The topological polar surface area (TPSA) is 103 Å². The van der Waals surface area contributed by atoms with Crippen LogP contribution in [0.25, 0.3) is 0 Å². The van der Waals surface area contributed by atoms with Gasteiger partial charge < -0.3 is 29.8 Å². The lowest BCUT2D eigenvalue weighted by atomic mass is 9.45. The number of ether oxygens (including phenoxy) is 4. The fourth-order valence-electron chi connectivity index (χ4n) is 13.1. The van der Waals surface area contributed by atoms with Crippen LogP contribution in [0.5, 0.6) is 0 Å². The summed E-state index contributed by atoms with van der Waals surface area (Å²) in [5.74, 6) is 2.48. The maximum absolute atomic E-state index is 12.3. The monoisotopic (exact) mass is 602 g/mol. The third-order valence-corrected chi connectivity index (χ3v) is 14.8. The van der Waals surface area contributed by atoms with E-state index in [1.807, 2.05) is 0 Å². The summed E-state index contributed by atoms with van der Waals surface area (Å²) < 4.78 is 25.2. The molecule has 1 amide bonds. The highest BCUT2D eigenvalue weighted by Crippen LogP contribution is 2.87. The van der Waals surface area contributed by atoms with E-state index >= 15 is 0 Å². The first-order valence-electron chi connectivity index (χ1n) is 17.5. The predicted molar refractivity (Wildman–Crippen MR) is 163 cm³/mol. The number of carbonyl (C=O) groups is 1. The van der Waals surface area contributed by atoms with Crippen molar-refractivity contribution in [2.24, 2.45) is 62.9 Å². The van der Waals surface area contributed by atoms with Crippen LogP contribution < -0.4 is 5.73 Å². The fraction of sp³-hybridized carbons (Fsp3) is 0.971. The molecule has 5 aliphatic carbocycles. The minimum absolute atomic E-state index is 0.0931. The van der Waals surface area contributed by atoms with Crippen LogP contribution in [0.1, 0.15) is 92.9 Å². The van der Waals surface area contributed by atoms with Gasteiger partial charge in [0.1, 0.15) is 6.10 Å². The number of fused-ring (bicyclic) bond motifs is 4. The number of hydrogen-bond donors (Lipinski definition) is 2. The lowest BCUT2D eigenvalue weighted by molar-refractivity contribution is -0.245. The Morgan fingerprint density at radius 2 is 1.77 bits per heavy atom. The molecule has 7 rings (SSSR count). The summed E-state index contributed by atoms with van der Waals surface area (Å²) in [6, 6.07) is 0. The molecule has 14 unspecified atom stereocenters. The largest absolute Gasteiger partial charge is 0.443 e. The number of morpholine rings is 1. The number of hydrogen-bond acceptors (Lipinski definition) is 7. The van der Waals surface area contributed by atoms with Crippen molar-refractivity contribution in [1.82, 2.24) is 4.90 Å². The summed E-state index contributed by atoms with van der Waals surface area (Å²) in [5, 5.41) is 12.3. The van der Waals surface area contributed by atoms with Crippen molar-refractivity contribution in [3.05, 3.63) is 0 Å². The van der Waals surface area contributed by atoms with Crippen LogP contribution in [0.3, 0.4) is 0 Å². The summed E-state index contributed by atoms with van der Waals surface area (Å²) in [6.07, 6.45) is 7.41. The van der Waals surface area contributed by atoms with Gasteiger partial charge in [-0.2, -0.15) is 0 Å². The van der Waals surface area contributed by atoms with E-state index in [0.29, 0.717) is 40.4 Å². The molecule has 8 nitrogen and oxygen atoms in total. The van der Waals surface area contributed by atoms with Crippen LogP contribution in [0.4, 0.5) is 4.79 Å². The summed E-state index contributed by atoms with van der Waals surface area (Å²) >= 11 is 0. The minimum Gasteiger partial charge on any atom is -0.443 e. The van der Waals surface area contributed by atoms with E-state index in [9.17, 15) is 9.90 Å². The van der Waals surface area contributed by atoms with Gasteiger partial charge in [0.05, 0.1) is 31.0 Å². The number of likely N-dealkylation sites (N-methyl/N-ethyl adjacent to an activating group) is 1. The Balaban J connectivity index is 1.12. The van der Waals surface area contributed by atoms with E-state index in [1.54, 1.807) is 0 Å². The standard InChI is InChI=1S/C35H58N2O6/c1-19(2)28(43-31(36)39)22-16-20(3)27-21-10-12-35-18-34(35)13-11-25(42-26-17-37(7)14-15-40-26)32(4,5)23(34)8-9-24(35)33(21,6)30(38)29(27)41-22/h19-30,38H,8-18H2,1-7H3,(H2,36,39). The summed E-state index contributed by atoms with van der Waals surface area (Å²) in [6.45, 7) is 16.4. The van der Waals surface area contributed by atoms with E-state index in [1.165, 1.54) is 38.5 Å². The Bertz CT molecular complexity index is 1100. The number of rotatable bonds is 5. The van der Waals surface area contributed by atoms with Crippen LogP contribution in [-0.4, -0.2) is 79.7 Å². The molecule has 7 fully saturated rings. The first-order valence-corrected chi connectivity index (χ1v) is 17.5. The number of aliphatic hydroxyl groups is 1. The van der Waals surface area contributed by atoms with E-state index in [0.717, 1.165) is 32.5 Å². The molecule has 2 aliphatic heterocycles. The van der Waals surface area contributed by atoms with Crippen molar-refractivity contribution < 1.29 is 28.8 Å². The van der Waals surface area contributed by atoms with Gasteiger partial charge in [0.25, 0.3) is 0 Å². The quantitative estimate of drug-likeness (QED) is 0.446. The smallest absolute Gasteiger partial charge is 0.404 e. The number of nitrogens with zero attached hydrogens (tertiary/aromatic N) is 1. The second-order valence-corrected chi connectivity index (χ2v) is 17.2. The molecule has 0 aromatic heterocycles. The average Bonchev–Trinajstić information content (AvgIpc) is 3.54. The first kappa shape index (κ1) is 30.7. The summed E-state index contributed by atoms with van der Waals surface area (Å²) in [4.78, 5) is 14.1. The Morgan fingerprint density at radius 1 is 1.07 bits per heavy atom. The highest BCUT2D eigenvalue weighted by Gasteiger charge is 2.82. The van der Waals surface area contributed by atoms with E-state index in [-0.39, 0.29) is 41.3 Å². The van der Waals surface area contributed by atoms with Gasteiger partial charge in [0.15, 0.2) is 6.29 Å². The molecule has 0 aromatic rings. The predicted octanol–water partition coefficient (Wildman–Crippen LogP) is 5.20. The van der Waals surface area contributed by atoms with Gasteiger partial charge >= 0.3 is 6.09 Å². The van der Waals surface area contributed by atoms with Crippen LogP contribution in [0, 0.1) is 57.2 Å². The Morgan fingerprint density at radius 3 is 2.47 bits per heavy atom. The maximum Gasteiger partial charge on any atom is 0.404 e. The number of nitrogens with two attached hydrogens (primary N) is 1. The number of primary amides is 1. The lowest BCUT2D eigenvalue weighted by Gasteiger charge is -2.61. The molecule has 0 bridgehead atoms. The van der Waals surface area contributed by atoms with E-state index in [2.05, 4.69) is 53.5 Å². The van der Waals surface area contributed by atoms with Crippen LogP contribution >= 0.6 is 0 Å². The van der Waals surface area contributed by atoms with Crippen molar-refractivity contribution in [3.8, 4) is 0 Å². The fourth-order valence-corrected chi connectivity index (χ4v) is 13.1. The Hall–Kier alpha value is -0.930. The van der Waals surface area contributed by atoms with Crippen molar-refractivity contribution in [2.75, 3.05) is 26.7 Å². The number of amides is 1. The van der Waals surface area contributed by atoms with Gasteiger partial charge in [-0.05, 0) is 110 Å². The molecule has 244 valence electrons. The molecular formula is C35H58N2O6. The van der Waals surface area contributed by atoms with Crippen LogP contribution in [-0.2, 0) is 18.9 Å². The van der Waals surface area contributed by atoms with Crippen LogP contribution in [0.15, 0.2) is 0 Å². The third-order valence-electron chi connectivity index (χ3n) is 14.8. The normalized spacial score (nSPS) is 52.7. The lowest BCUT2D eigenvalue weighted by Crippen LogP contribution is -2.58. The molecule has 43 heavy (non-hydrogen) atoms. The average molecular weight is 603 g/mol. The van der Waals surface area contributed by atoms with Gasteiger partial charge in [0, 0.05) is 18.5 Å². The molecule has 2 heterocycles. The van der Waals surface area contributed by atoms with Crippen LogP contribution in [0.2, 0.25) is 0 Å². The first-order chi connectivity index (χ1) is 20.3. The van der Waals surface area contributed by atoms with E-state index < -0.39 is 18.3 Å². The molecule has 14 atom stereocenters. The Labute approximate surface area is 259 Å². The van der Waals surface area contributed by atoms with Crippen molar-refractivity contribution in [3.63, 3.8) is 0 Å². The van der Waals surface area contributed by atoms with Crippen molar-refractivity contribution >= 4 is 6.09 Å². The zero-order valence-electron chi connectivity index (χ0n) is 27.7. The van der Waals surface area contributed by atoms with Gasteiger partial charge in [0.2, 0.25) is 0 Å². The van der Waals surface area contributed by atoms with Crippen molar-refractivity contribution in [2.45, 2.75) is 130 Å². The summed E-state index contributed by atoms with van der Waals surface area (Å²) in [7, 11) is 2.16. The summed E-state index contributed by atoms with van der Waals surface area (Å²) in [5.41, 5.74) is 6.12. The highest BCUT2D eigenvalue weighted by molar-refractivity contribution is 5.64. The molecular weight excluding hydrogens is 544 g/mol. The molecule has 7 aliphatic rings.